The molecule has 0 spiro atoms. The lowest BCUT2D eigenvalue weighted by Crippen LogP contribution is -2.22. The van der Waals surface area contributed by atoms with Crippen molar-refractivity contribution in [3.8, 4) is 5.75 Å². The van der Waals surface area contributed by atoms with Crippen LogP contribution < -0.4 is 15.4 Å². The molecule has 0 saturated heterocycles. The van der Waals surface area contributed by atoms with E-state index in [0.29, 0.717) is 10.8 Å². The van der Waals surface area contributed by atoms with Gasteiger partial charge in [-0.05, 0) is 43.2 Å². The standard InChI is InChI=1S/C17H19ClN2O2/c1-11-5-4-6-12(2)17(11)20-16(21)10-19-13-7-8-15(22-3)14(18)9-13/h4-9,19H,10H2,1-3H3,(H,20,21). The molecule has 2 aromatic rings. The van der Waals surface area contributed by atoms with Gasteiger partial charge in [0.1, 0.15) is 5.75 Å². The number of halogens is 1. The summed E-state index contributed by atoms with van der Waals surface area (Å²) in [6.07, 6.45) is 0. The molecule has 116 valence electrons. The molecule has 1 amide bonds. The lowest BCUT2D eigenvalue weighted by Gasteiger charge is -2.13. The Kier molecular flexibility index (Phi) is 5.28. The van der Waals surface area contributed by atoms with E-state index in [-0.39, 0.29) is 12.5 Å². The second-order valence-corrected chi connectivity index (χ2v) is 5.43. The zero-order valence-electron chi connectivity index (χ0n) is 12.9. The first kappa shape index (κ1) is 16.2. The predicted octanol–water partition coefficient (Wildman–Crippen LogP) is 4.02. The first-order valence-corrected chi connectivity index (χ1v) is 7.32. The van der Waals surface area contributed by atoms with E-state index in [0.717, 1.165) is 22.5 Å². The van der Waals surface area contributed by atoms with Gasteiger partial charge in [0.2, 0.25) is 5.91 Å². The van der Waals surface area contributed by atoms with E-state index in [2.05, 4.69) is 10.6 Å². The Morgan fingerprint density at radius 3 is 2.45 bits per heavy atom. The van der Waals surface area contributed by atoms with Crippen molar-refractivity contribution in [1.82, 2.24) is 0 Å². The molecular weight excluding hydrogens is 300 g/mol. The van der Waals surface area contributed by atoms with E-state index in [1.54, 1.807) is 19.2 Å². The van der Waals surface area contributed by atoms with Crippen LogP contribution in [0.1, 0.15) is 11.1 Å². The molecule has 0 bridgehead atoms. The van der Waals surface area contributed by atoms with Gasteiger partial charge in [0, 0.05) is 11.4 Å². The normalized spacial score (nSPS) is 10.2. The summed E-state index contributed by atoms with van der Waals surface area (Å²) in [5.41, 5.74) is 3.71. The molecule has 2 aromatic carbocycles. The van der Waals surface area contributed by atoms with Crippen LogP contribution in [-0.4, -0.2) is 19.6 Å². The van der Waals surface area contributed by atoms with Crippen LogP contribution in [0.3, 0.4) is 0 Å². The smallest absolute Gasteiger partial charge is 0.243 e. The summed E-state index contributed by atoms with van der Waals surface area (Å²) in [6.45, 7) is 4.11. The van der Waals surface area contributed by atoms with Crippen molar-refractivity contribution in [3.05, 3.63) is 52.5 Å². The van der Waals surface area contributed by atoms with E-state index in [4.69, 9.17) is 16.3 Å². The highest BCUT2D eigenvalue weighted by atomic mass is 35.5. The van der Waals surface area contributed by atoms with Gasteiger partial charge >= 0.3 is 0 Å². The molecule has 0 unspecified atom stereocenters. The van der Waals surface area contributed by atoms with Gasteiger partial charge in [-0.3, -0.25) is 4.79 Å². The summed E-state index contributed by atoms with van der Waals surface area (Å²) in [4.78, 5) is 12.1. The maximum absolute atomic E-state index is 12.1. The van der Waals surface area contributed by atoms with Crippen LogP contribution in [0, 0.1) is 13.8 Å². The molecule has 0 heterocycles. The van der Waals surface area contributed by atoms with Crippen molar-refractivity contribution < 1.29 is 9.53 Å². The zero-order valence-corrected chi connectivity index (χ0v) is 13.6. The number of rotatable bonds is 5. The highest BCUT2D eigenvalue weighted by molar-refractivity contribution is 6.32. The third-order valence-electron chi connectivity index (χ3n) is 3.35. The molecule has 0 radical (unpaired) electrons. The minimum atomic E-state index is -0.107. The summed E-state index contributed by atoms with van der Waals surface area (Å²) < 4.78 is 5.09. The number of amides is 1. The van der Waals surface area contributed by atoms with Crippen molar-refractivity contribution >= 4 is 28.9 Å². The first-order valence-electron chi connectivity index (χ1n) is 6.94. The number of para-hydroxylation sites is 1. The van der Waals surface area contributed by atoms with Gasteiger partial charge in [0.05, 0.1) is 18.7 Å². The van der Waals surface area contributed by atoms with E-state index in [9.17, 15) is 4.79 Å². The number of carbonyl (C=O) groups is 1. The molecule has 2 rings (SSSR count). The molecule has 0 aliphatic heterocycles. The maximum atomic E-state index is 12.1. The van der Waals surface area contributed by atoms with Crippen molar-refractivity contribution in [2.45, 2.75) is 13.8 Å². The van der Waals surface area contributed by atoms with Crippen molar-refractivity contribution in [2.75, 3.05) is 24.3 Å². The third kappa shape index (κ3) is 3.92. The highest BCUT2D eigenvalue weighted by Gasteiger charge is 2.08. The van der Waals surface area contributed by atoms with Crippen LogP contribution in [0.4, 0.5) is 11.4 Å². The monoisotopic (exact) mass is 318 g/mol. The van der Waals surface area contributed by atoms with Crippen LogP contribution in [0.25, 0.3) is 0 Å². The number of methoxy groups -OCH3 is 1. The largest absolute Gasteiger partial charge is 0.495 e. The minimum absolute atomic E-state index is 0.107. The Bertz CT molecular complexity index is 666. The first-order chi connectivity index (χ1) is 10.5. The van der Waals surface area contributed by atoms with E-state index < -0.39 is 0 Å². The lowest BCUT2D eigenvalue weighted by molar-refractivity contribution is -0.114. The van der Waals surface area contributed by atoms with Gasteiger partial charge in [-0.15, -0.1) is 0 Å². The van der Waals surface area contributed by atoms with E-state index >= 15 is 0 Å². The molecule has 0 aromatic heterocycles. The Labute approximate surface area is 135 Å². The third-order valence-corrected chi connectivity index (χ3v) is 3.65. The molecule has 0 fully saturated rings. The molecular formula is C17H19ClN2O2. The number of anilines is 2. The van der Waals surface area contributed by atoms with Crippen LogP contribution in [0.2, 0.25) is 5.02 Å². The average molecular weight is 319 g/mol. The average Bonchev–Trinajstić information content (AvgIpc) is 2.49. The quantitative estimate of drug-likeness (QED) is 0.875. The van der Waals surface area contributed by atoms with Crippen LogP contribution >= 0.6 is 11.6 Å². The molecule has 0 atom stereocenters. The van der Waals surface area contributed by atoms with Crippen molar-refractivity contribution in [1.29, 1.82) is 0 Å². The summed E-state index contributed by atoms with van der Waals surface area (Å²) in [5.74, 6) is 0.497. The van der Waals surface area contributed by atoms with Crippen molar-refractivity contribution in [3.63, 3.8) is 0 Å². The van der Waals surface area contributed by atoms with Gasteiger partial charge in [0.25, 0.3) is 0 Å². The van der Waals surface area contributed by atoms with Crippen molar-refractivity contribution in [2.24, 2.45) is 0 Å². The highest BCUT2D eigenvalue weighted by Crippen LogP contribution is 2.27. The van der Waals surface area contributed by atoms with Gasteiger partial charge in [-0.25, -0.2) is 0 Å². The second-order valence-electron chi connectivity index (χ2n) is 5.02. The fourth-order valence-corrected chi connectivity index (χ4v) is 2.41. The Morgan fingerprint density at radius 2 is 1.86 bits per heavy atom. The minimum Gasteiger partial charge on any atom is -0.495 e. The predicted molar refractivity (Wildman–Crippen MR) is 91.0 cm³/mol. The summed E-state index contributed by atoms with van der Waals surface area (Å²) >= 11 is 6.05. The fourth-order valence-electron chi connectivity index (χ4n) is 2.15. The number of carbonyl (C=O) groups excluding carboxylic acids is 1. The van der Waals surface area contributed by atoms with Crippen LogP contribution in [0.15, 0.2) is 36.4 Å². The number of hydrogen-bond acceptors (Lipinski definition) is 3. The molecule has 4 nitrogen and oxygen atoms in total. The maximum Gasteiger partial charge on any atom is 0.243 e. The van der Waals surface area contributed by atoms with Gasteiger partial charge < -0.3 is 15.4 Å². The Hall–Kier alpha value is -2.20. The van der Waals surface area contributed by atoms with Gasteiger partial charge in [0.15, 0.2) is 0 Å². The SMILES string of the molecule is COc1ccc(NCC(=O)Nc2c(C)cccc2C)cc1Cl. The molecule has 0 saturated carbocycles. The second kappa shape index (κ2) is 7.18. The van der Waals surface area contributed by atoms with E-state index in [1.807, 2.05) is 38.1 Å². The fraction of sp³-hybridized carbons (Fsp3) is 0.235. The number of aryl methyl sites for hydroxylation is 2. The molecule has 22 heavy (non-hydrogen) atoms. The number of ether oxygens (including phenoxy) is 1. The summed E-state index contributed by atoms with van der Waals surface area (Å²) in [6, 6.07) is 11.2. The number of benzene rings is 2. The lowest BCUT2D eigenvalue weighted by atomic mass is 10.1. The van der Waals surface area contributed by atoms with Crippen LogP contribution in [-0.2, 0) is 4.79 Å². The molecule has 0 aliphatic carbocycles. The molecule has 0 aliphatic rings. The molecule has 5 heteroatoms. The molecule has 2 N–H and O–H groups in total. The van der Waals surface area contributed by atoms with Gasteiger partial charge in [-0.1, -0.05) is 29.8 Å². The van der Waals surface area contributed by atoms with Gasteiger partial charge in [-0.2, -0.15) is 0 Å². The summed E-state index contributed by atoms with van der Waals surface area (Å²) in [5, 5.41) is 6.47. The number of hydrogen-bond donors (Lipinski definition) is 2. The zero-order chi connectivity index (χ0) is 16.1. The number of nitrogens with one attached hydrogen (secondary N) is 2. The summed E-state index contributed by atoms with van der Waals surface area (Å²) in [7, 11) is 1.56. The van der Waals surface area contributed by atoms with E-state index in [1.165, 1.54) is 0 Å². The Morgan fingerprint density at radius 1 is 1.18 bits per heavy atom. The van der Waals surface area contributed by atoms with Crippen LogP contribution in [0.5, 0.6) is 5.75 Å². The Balaban J connectivity index is 1.97. The topological polar surface area (TPSA) is 50.4 Å².